The highest BCUT2D eigenvalue weighted by atomic mass is 32.2. The maximum absolute atomic E-state index is 13.4. The highest BCUT2D eigenvalue weighted by Crippen LogP contribution is 2.30. The van der Waals surface area contributed by atoms with Crippen LogP contribution in [-0.2, 0) is 32.6 Å². The second kappa shape index (κ2) is 12.2. The number of ether oxygens (including phenoxy) is 1. The fraction of sp³-hybridized carbons (Fsp3) is 0.458. The molecule has 1 aromatic carbocycles. The number of aromatic nitrogens is 4. The number of aliphatic hydroxyl groups is 1. The first-order valence-electron chi connectivity index (χ1n) is 12.3. The summed E-state index contributed by atoms with van der Waals surface area (Å²) in [6.45, 7) is 3.63. The third-order valence-corrected chi connectivity index (χ3v) is 9.69. The minimum absolute atomic E-state index is 0.0286. The number of rotatable bonds is 9. The van der Waals surface area contributed by atoms with Gasteiger partial charge in [-0.2, -0.15) is 4.31 Å². The van der Waals surface area contributed by atoms with Gasteiger partial charge in [-0.1, -0.05) is 13.0 Å². The molecular weight excluding hydrogens is 546 g/mol. The average Bonchev–Trinajstić information content (AvgIpc) is 3.62. The number of thiophene rings is 1. The van der Waals surface area contributed by atoms with E-state index < -0.39 is 22.2 Å². The van der Waals surface area contributed by atoms with Gasteiger partial charge in [-0.05, 0) is 47.0 Å². The molecule has 1 aliphatic rings. The normalized spacial score (nSPS) is 19.0. The summed E-state index contributed by atoms with van der Waals surface area (Å²) < 4.78 is 35.3. The summed E-state index contributed by atoms with van der Waals surface area (Å²) >= 11 is 1.14. The fourth-order valence-electron chi connectivity index (χ4n) is 4.24. The van der Waals surface area contributed by atoms with Crippen molar-refractivity contribution in [2.45, 2.75) is 43.2 Å². The zero-order chi connectivity index (χ0) is 28.2. The first-order chi connectivity index (χ1) is 18.6. The molecular formula is C24H31N7O6S2. The molecule has 0 aliphatic carbocycles. The Bertz CT molecular complexity index is 1380. The monoisotopic (exact) mass is 577 g/mol. The molecule has 2 N–H and O–H groups in total. The lowest BCUT2D eigenvalue weighted by Crippen LogP contribution is -2.48. The number of likely N-dealkylation sites (N-methyl/N-ethyl adjacent to an activating group) is 1. The van der Waals surface area contributed by atoms with E-state index in [1.54, 1.807) is 47.5 Å². The van der Waals surface area contributed by atoms with Gasteiger partial charge in [0.05, 0.1) is 25.6 Å². The van der Waals surface area contributed by atoms with E-state index in [0.29, 0.717) is 17.0 Å². The standard InChI is InChI=1S/C24H31N7O6S2/c1-16-11-31(17(2)14-32)23(34)10-18-9-19(26-22(33)13-30-15-25-27-28-30)6-7-20(18)37-21(16)12-29(3)39(35,36)24-5-4-8-38-24/h4-9,15-17,21,32H,10-14H2,1-3H3,(H,26,33)/t16-,17-,21+/m1/s1. The molecule has 3 aromatic rings. The molecule has 13 nitrogen and oxygen atoms in total. The predicted molar refractivity (Wildman–Crippen MR) is 143 cm³/mol. The Balaban J connectivity index is 1.62. The molecule has 3 heterocycles. The largest absolute Gasteiger partial charge is 0.488 e. The van der Waals surface area contributed by atoms with Crippen LogP contribution < -0.4 is 10.1 Å². The van der Waals surface area contributed by atoms with Crippen molar-refractivity contribution in [3.05, 3.63) is 47.6 Å². The number of tetrazole rings is 1. The van der Waals surface area contributed by atoms with Gasteiger partial charge in [0.2, 0.25) is 11.8 Å². The summed E-state index contributed by atoms with van der Waals surface area (Å²) in [6.07, 6.45) is 0.686. The van der Waals surface area contributed by atoms with Crippen molar-refractivity contribution in [3.8, 4) is 5.75 Å². The molecule has 4 rings (SSSR count). The van der Waals surface area contributed by atoms with Gasteiger partial charge in [0.25, 0.3) is 10.0 Å². The number of nitrogens with zero attached hydrogens (tertiary/aromatic N) is 6. The van der Waals surface area contributed by atoms with Crippen LogP contribution in [0.15, 0.2) is 46.2 Å². The van der Waals surface area contributed by atoms with E-state index in [9.17, 15) is 23.1 Å². The minimum Gasteiger partial charge on any atom is -0.488 e. The number of fused-ring (bicyclic) bond motifs is 1. The van der Waals surface area contributed by atoms with Crippen LogP contribution in [0.4, 0.5) is 5.69 Å². The molecule has 39 heavy (non-hydrogen) atoms. The molecule has 2 aromatic heterocycles. The van der Waals surface area contributed by atoms with E-state index in [1.165, 1.54) is 22.4 Å². The summed E-state index contributed by atoms with van der Waals surface area (Å²) in [5.74, 6) is -0.435. The van der Waals surface area contributed by atoms with Gasteiger partial charge < -0.3 is 20.1 Å². The molecule has 210 valence electrons. The molecule has 0 unspecified atom stereocenters. The van der Waals surface area contributed by atoms with E-state index in [1.807, 2.05) is 6.92 Å². The first-order valence-corrected chi connectivity index (χ1v) is 14.6. The molecule has 0 spiro atoms. The number of aliphatic hydroxyl groups excluding tert-OH is 1. The van der Waals surface area contributed by atoms with E-state index in [-0.39, 0.29) is 54.6 Å². The average molecular weight is 578 g/mol. The second-order valence-electron chi connectivity index (χ2n) is 9.48. The van der Waals surface area contributed by atoms with Crippen LogP contribution >= 0.6 is 11.3 Å². The van der Waals surface area contributed by atoms with Gasteiger partial charge in [-0.25, -0.2) is 13.1 Å². The lowest BCUT2D eigenvalue weighted by Gasteiger charge is -2.33. The summed E-state index contributed by atoms with van der Waals surface area (Å²) in [4.78, 5) is 27.4. The van der Waals surface area contributed by atoms with Gasteiger partial charge >= 0.3 is 0 Å². The van der Waals surface area contributed by atoms with Gasteiger partial charge in [0.1, 0.15) is 28.9 Å². The molecule has 0 bridgehead atoms. The van der Waals surface area contributed by atoms with Crippen LogP contribution in [0.1, 0.15) is 19.4 Å². The van der Waals surface area contributed by atoms with Gasteiger partial charge in [-0.3, -0.25) is 9.59 Å². The molecule has 2 amide bonds. The lowest BCUT2D eigenvalue weighted by molar-refractivity contribution is -0.134. The summed E-state index contributed by atoms with van der Waals surface area (Å²) in [5.41, 5.74) is 0.976. The molecule has 15 heteroatoms. The Morgan fingerprint density at radius 3 is 2.82 bits per heavy atom. The first kappa shape index (κ1) is 28.6. The number of hydrogen-bond donors (Lipinski definition) is 2. The van der Waals surface area contributed by atoms with Crippen LogP contribution in [0.5, 0.6) is 5.75 Å². The number of nitrogens with one attached hydrogen (secondary N) is 1. The lowest BCUT2D eigenvalue weighted by atomic mass is 10.0. The van der Waals surface area contributed by atoms with Crippen molar-refractivity contribution < 1.29 is 27.9 Å². The Labute approximate surface area is 230 Å². The van der Waals surface area contributed by atoms with Crippen molar-refractivity contribution in [2.24, 2.45) is 5.92 Å². The van der Waals surface area contributed by atoms with Crippen molar-refractivity contribution >= 4 is 38.9 Å². The van der Waals surface area contributed by atoms with Crippen LogP contribution in [0, 0.1) is 5.92 Å². The molecule has 0 radical (unpaired) electrons. The number of sulfonamides is 1. The van der Waals surface area contributed by atoms with Crippen molar-refractivity contribution in [1.82, 2.24) is 29.4 Å². The van der Waals surface area contributed by atoms with Gasteiger partial charge in [0, 0.05) is 30.8 Å². The Morgan fingerprint density at radius 1 is 1.36 bits per heavy atom. The smallest absolute Gasteiger partial charge is 0.252 e. The second-order valence-corrected chi connectivity index (χ2v) is 12.7. The number of benzene rings is 1. The Kier molecular flexibility index (Phi) is 8.94. The number of carbonyl (C=O) groups excluding carboxylic acids is 2. The maximum Gasteiger partial charge on any atom is 0.252 e. The summed E-state index contributed by atoms with van der Waals surface area (Å²) in [6, 6.07) is 7.76. The van der Waals surface area contributed by atoms with Crippen LogP contribution in [-0.4, -0.2) is 93.6 Å². The Hall–Kier alpha value is -3.40. The third kappa shape index (κ3) is 6.79. The topological polar surface area (TPSA) is 160 Å². The summed E-state index contributed by atoms with van der Waals surface area (Å²) in [7, 11) is -2.22. The SMILES string of the molecule is C[C@@H]1CN([C@H](C)CO)C(=O)Cc2cc(NC(=O)Cn3cnnn3)ccc2O[C@H]1CN(C)S(=O)(=O)c1cccs1. The number of amides is 2. The number of anilines is 1. The van der Waals surface area contributed by atoms with Crippen LogP contribution in [0.25, 0.3) is 0 Å². The predicted octanol–water partition coefficient (Wildman–Crippen LogP) is 0.843. The van der Waals surface area contributed by atoms with Gasteiger partial charge in [0.15, 0.2) is 0 Å². The molecule has 0 saturated carbocycles. The van der Waals surface area contributed by atoms with Crippen molar-refractivity contribution in [1.29, 1.82) is 0 Å². The van der Waals surface area contributed by atoms with E-state index >= 15 is 0 Å². The molecule has 0 fully saturated rings. The summed E-state index contributed by atoms with van der Waals surface area (Å²) in [5, 5.41) is 25.0. The van der Waals surface area contributed by atoms with Crippen molar-refractivity contribution in [2.75, 3.05) is 32.1 Å². The zero-order valence-corrected chi connectivity index (χ0v) is 23.4. The van der Waals surface area contributed by atoms with E-state index in [2.05, 4.69) is 20.8 Å². The van der Waals surface area contributed by atoms with E-state index in [4.69, 9.17) is 4.74 Å². The maximum atomic E-state index is 13.4. The Morgan fingerprint density at radius 2 is 2.15 bits per heavy atom. The zero-order valence-electron chi connectivity index (χ0n) is 21.8. The van der Waals surface area contributed by atoms with Crippen LogP contribution in [0.2, 0.25) is 0 Å². The molecule has 0 saturated heterocycles. The van der Waals surface area contributed by atoms with E-state index in [0.717, 1.165) is 11.3 Å². The third-order valence-electron chi connectivity index (χ3n) is 6.49. The molecule has 1 aliphatic heterocycles. The fourth-order valence-corrected chi connectivity index (χ4v) is 6.63. The highest BCUT2D eigenvalue weighted by Gasteiger charge is 2.33. The highest BCUT2D eigenvalue weighted by molar-refractivity contribution is 7.91. The van der Waals surface area contributed by atoms with Gasteiger partial charge in [-0.15, -0.1) is 16.4 Å². The van der Waals surface area contributed by atoms with Crippen LogP contribution in [0.3, 0.4) is 0 Å². The van der Waals surface area contributed by atoms with Crippen molar-refractivity contribution in [3.63, 3.8) is 0 Å². The quantitative estimate of drug-likeness (QED) is 0.376. The molecule has 3 atom stereocenters. The number of carbonyl (C=O) groups is 2. The number of hydrogen-bond acceptors (Lipinski definition) is 10. The minimum atomic E-state index is -3.73.